The van der Waals surface area contributed by atoms with E-state index in [9.17, 15) is 13.2 Å². The summed E-state index contributed by atoms with van der Waals surface area (Å²) in [6.45, 7) is 2.30. The first-order chi connectivity index (χ1) is 10.9. The van der Waals surface area contributed by atoms with Crippen LogP contribution < -0.4 is 4.74 Å². The Bertz CT molecular complexity index is 520. The lowest BCUT2D eigenvalue weighted by Crippen LogP contribution is -2.43. The third-order valence-electron chi connectivity index (χ3n) is 4.99. The molecule has 0 N–H and O–H groups in total. The van der Waals surface area contributed by atoms with Crippen LogP contribution in [0.1, 0.15) is 25.7 Å². The van der Waals surface area contributed by atoms with E-state index in [1.807, 2.05) is 29.2 Å². The zero-order chi connectivity index (χ0) is 16.5. The summed E-state index contributed by atoms with van der Waals surface area (Å²) in [5, 5.41) is 0. The van der Waals surface area contributed by atoms with Gasteiger partial charge in [-0.15, -0.1) is 0 Å². The number of likely N-dealkylation sites (tertiary alicyclic amines) is 1. The Morgan fingerprint density at radius 2 is 1.74 bits per heavy atom. The number of nitrogens with zero attached hydrogens (tertiary/aromatic N) is 1. The van der Waals surface area contributed by atoms with Crippen molar-refractivity contribution in [3.63, 3.8) is 0 Å². The maximum atomic E-state index is 13.0. The third-order valence-corrected chi connectivity index (χ3v) is 5.52. The molecule has 1 saturated heterocycles. The van der Waals surface area contributed by atoms with Crippen LogP contribution in [-0.4, -0.2) is 37.3 Å². The van der Waals surface area contributed by atoms with Gasteiger partial charge in [-0.3, -0.25) is 0 Å². The molecule has 0 aromatic heterocycles. The first-order valence-electron chi connectivity index (χ1n) is 8.05. The maximum Gasteiger partial charge on any atom is 0.395 e. The molecule has 0 radical (unpaired) electrons. The number of piperidine rings is 1. The molecule has 23 heavy (non-hydrogen) atoms. The van der Waals surface area contributed by atoms with Crippen LogP contribution in [0.5, 0.6) is 5.75 Å². The summed E-state index contributed by atoms with van der Waals surface area (Å²) in [6, 6.07) is 7.70. The lowest BCUT2D eigenvalue weighted by Gasteiger charge is -2.34. The minimum absolute atomic E-state index is 0.177. The molecule has 1 aliphatic carbocycles. The second-order valence-corrected chi connectivity index (χ2v) is 7.68. The standard InChI is InChI=1S/C17H21BrF3NO/c18-14-1-3-15(4-2-14)23-11-13-5-9-22(10-6-13)12-16(7-8-16)17(19,20)21/h1-4,13H,5-12H2. The number of halogens is 4. The number of ether oxygens (including phenoxy) is 1. The number of alkyl halides is 3. The van der Waals surface area contributed by atoms with Gasteiger partial charge < -0.3 is 9.64 Å². The highest BCUT2D eigenvalue weighted by molar-refractivity contribution is 9.10. The molecule has 0 bridgehead atoms. The van der Waals surface area contributed by atoms with Gasteiger partial charge in [-0.05, 0) is 69.0 Å². The molecule has 1 heterocycles. The first-order valence-corrected chi connectivity index (χ1v) is 8.85. The second-order valence-electron chi connectivity index (χ2n) is 6.76. The predicted octanol–water partition coefficient (Wildman–Crippen LogP) is 4.88. The lowest BCUT2D eigenvalue weighted by atomic mass is 9.96. The summed E-state index contributed by atoms with van der Waals surface area (Å²) < 4.78 is 45.8. The summed E-state index contributed by atoms with van der Waals surface area (Å²) in [6.07, 6.45) is -1.64. The highest BCUT2D eigenvalue weighted by atomic mass is 79.9. The van der Waals surface area contributed by atoms with Crippen molar-refractivity contribution in [1.29, 1.82) is 0 Å². The second kappa shape index (κ2) is 6.63. The van der Waals surface area contributed by atoms with Gasteiger partial charge in [0, 0.05) is 11.0 Å². The van der Waals surface area contributed by atoms with Crippen molar-refractivity contribution in [1.82, 2.24) is 4.90 Å². The van der Waals surface area contributed by atoms with Gasteiger partial charge in [0.25, 0.3) is 0 Å². The van der Waals surface area contributed by atoms with Crippen LogP contribution in [0.4, 0.5) is 13.2 Å². The normalized spacial score (nSPS) is 22.1. The number of hydrogen-bond acceptors (Lipinski definition) is 2. The topological polar surface area (TPSA) is 12.5 Å². The molecule has 128 valence electrons. The minimum Gasteiger partial charge on any atom is -0.493 e. The summed E-state index contributed by atoms with van der Waals surface area (Å²) in [7, 11) is 0. The molecule has 6 heteroatoms. The SMILES string of the molecule is FC(F)(F)C1(CN2CCC(COc3ccc(Br)cc3)CC2)CC1. The largest absolute Gasteiger partial charge is 0.493 e. The Kier molecular flexibility index (Phi) is 4.93. The van der Waals surface area contributed by atoms with E-state index < -0.39 is 11.6 Å². The van der Waals surface area contributed by atoms with Crippen LogP contribution in [0.2, 0.25) is 0 Å². The number of benzene rings is 1. The van der Waals surface area contributed by atoms with Gasteiger partial charge in [-0.2, -0.15) is 13.2 Å². The van der Waals surface area contributed by atoms with E-state index in [1.165, 1.54) is 0 Å². The molecule has 3 rings (SSSR count). The molecule has 1 aliphatic heterocycles. The highest BCUT2D eigenvalue weighted by Crippen LogP contribution is 2.58. The smallest absolute Gasteiger partial charge is 0.395 e. The van der Waals surface area contributed by atoms with Crippen LogP contribution in [0.15, 0.2) is 28.7 Å². The van der Waals surface area contributed by atoms with Gasteiger partial charge in [0.15, 0.2) is 0 Å². The van der Waals surface area contributed by atoms with E-state index in [2.05, 4.69) is 15.9 Å². The average molecular weight is 392 g/mol. The van der Waals surface area contributed by atoms with E-state index in [1.54, 1.807) is 0 Å². The number of rotatable bonds is 5. The van der Waals surface area contributed by atoms with Crippen LogP contribution in [0, 0.1) is 11.3 Å². The van der Waals surface area contributed by atoms with Gasteiger partial charge in [-0.1, -0.05) is 15.9 Å². The summed E-state index contributed by atoms with van der Waals surface area (Å²) in [5.41, 5.74) is -1.41. The molecule has 0 amide bonds. The molecule has 1 saturated carbocycles. The van der Waals surface area contributed by atoms with Crippen molar-refractivity contribution in [2.24, 2.45) is 11.3 Å². The third kappa shape index (κ3) is 4.21. The molecule has 0 spiro atoms. The van der Waals surface area contributed by atoms with Crippen LogP contribution in [-0.2, 0) is 0 Å². The molecule has 2 fully saturated rings. The van der Waals surface area contributed by atoms with E-state index in [0.29, 0.717) is 25.4 Å². The molecular formula is C17H21BrF3NO. The molecule has 2 aliphatic rings. The van der Waals surface area contributed by atoms with Gasteiger partial charge >= 0.3 is 6.18 Å². The summed E-state index contributed by atoms with van der Waals surface area (Å²) >= 11 is 3.38. The van der Waals surface area contributed by atoms with Gasteiger partial charge in [0.05, 0.1) is 12.0 Å². The fourth-order valence-electron chi connectivity index (χ4n) is 3.17. The van der Waals surface area contributed by atoms with Crippen molar-refractivity contribution in [2.45, 2.75) is 31.9 Å². The van der Waals surface area contributed by atoms with E-state index in [-0.39, 0.29) is 6.54 Å². The van der Waals surface area contributed by atoms with E-state index in [0.717, 1.165) is 36.2 Å². The minimum atomic E-state index is -4.05. The Hall–Kier alpha value is -0.750. The fourth-order valence-corrected chi connectivity index (χ4v) is 3.43. The van der Waals surface area contributed by atoms with Crippen LogP contribution in [0.25, 0.3) is 0 Å². The monoisotopic (exact) mass is 391 g/mol. The molecule has 1 aromatic carbocycles. The van der Waals surface area contributed by atoms with Gasteiger partial charge in [-0.25, -0.2) is 0 Å². The van der Waals surface area contributed by atoms with Crippen molar-refractivity contribution in [3.8, 4) is 5.75 Å². The van der Waals surface area contributed by atoms with Crippen LogP contribution in [0.3, 0.4) is 0 Å². The zero-order valence-corrected chi connectivity index (χ0v) is 14.5. The fraction of sp³-hybridized carbons (Fsp3) is 0.647. The Labute approximate surface area is 143 Å². The maximum absolute atomic E-state index is 13.0. The molecule has 2 nitrogen and oxygen atoms in total. The molecule has 0 unspecified atom stereocenters. The first kappa shape index (κ1) is 17.1. The van der Waals surface area contributed by atoms with Crippen molar-refractivity contribution in [2.75, 3.05) is 26.2 Å². The summed E-state index contributed by atoms with van der Waals surface area (Å²) in [5.74, 6) is 1.26. The summed E-state index contributed by atoms with van der Waals surface area (Å²) in [4.78, 5) is 1.98. The molecular weight excluding hydrogens is 371 g/mol. The van der Waals surface area contributed by atoms with Crippen LogP contribution >= 0.6 is 15.9 Å². The van der Waals surface area contributed by atoms with E-state index >= 15 is 0 Å². The Morgan fingerprint density at radius 1 is 1.13 bits per heavy atom. The van der Waals surface area contributed by atoms with Crippen molar-refractivity contribution < 1.29 is 17.9 Å². The predicted molar refractivity (Wildman–Crippen MR) is 86.5 cm³/mol. The number of hydrogen-bond donors (Lipinski definition) is 0. The quantitative estimate of drug-likeness (QED) is 0.708. The lowest BCUT2D eigenvalue weighted by molar-refractivity contribution is -0.192. The van der Waals surface area contributed by atoms with Gasteiger partial charge in [0.2, 0.25) is 0 Å². The van der Waals surface area contributed by atoms with Gasteiger partial charge in [0.1, 0.15) is 5.75 Å². The molecule has 1 aromatic rings. The average Bonchev–Trinajstić information content (AvgIpc) is 3.29. The highest BCUT2D eigenvalue weighted by Gasteiger charge is 2.63. The van der Waals surface area contributed by atoms with Crippen molar-refractivity contribution in [3.05, 3.63) is 28.7 Å². The molecule has 0 atom stereocenters. The van der Waals surface area contributed by atoms with Crippen molar-refractivity contribution >= 4 is 15.9 Å². The Morgan fingerprint density at radius 3 is 2.26 bits per heavy atom. The van der Waals surface area contributed by atoms with E-state index in [4.69, 9.17) is 4.74 Å². The Balaban J connectivity index is 1.41. The zero-order valence-electron chi connectivity index (χ0n) is 12.9.